The minimum Gasteiger partial charge on any atom is -0.496 e. The Morgan fingerprint density at radius 1 is 1.18 bits per heavy atom. The van der Waals surface area contributed by atoms with Gasteiger partial charge in [-0.05, 0) is 66.6 Å². The Hall–Kier alpha value is -4.02. The number of anilines is 1. The maximum absolute atomic E-state index is 13.1. The average Bonchev–Trinajstić information content (AvgIpc) is 3.45. The predicted octanol–water partition coefficient (Wildman–Crippen LogP) is 3.05. The van der Waals surface area contributed by atoms with Crippen LogP contribution in [0.1, 0.15) is 48.3 Å². The number of hydrogen-bond acceptors (Lipinski definition) is 8. The maximum Gasteiger partial charge on any atom is 0.410 e. The summed E-state index contributed by atoms with van der Waals surface area (Å²) < 4.78 is 12.2. The van der Waals surface area contributed by atoms with Crippen molar-refractivity contribution >= 4 is 17.8 Å². The Balaban J connectivity index is 1.57. The first-order valence-corrected chi connectivity index (χ1v) is 10.6. The van der Waals surface area contributed by atoms with Crippen molar-refractivity contribution in [2.45, 2.75) is 39.9 Å². The van der Waals surface area contributed by atoms with Crippen molar-refractivity contribution in [3.63, 3.8) is 0 Å². The third-order valence-electron chi connectivity index (χ3n) is 5.22. The molecule has 1 aliphatic rings. The fourth-order valence-electron chi connectivity index (χ4n) is 3.64. The molecule has 2 amide bonds. The van der Waals surface area contributed by atoms with Gasteiger partial charge in [-0.25, -0.2) is 14.5 Å². The van der Waals surface area contributed by atoms with Gasteiger partial charge in [-0.3, -0.25) is 9.69 Å². The minimum absolute atomic E-state index is 0.0555. The Morgan fingerprint density at radius 3 is 2.64 bits per heavy atom. The Morgan fingerprint density at radius 2 is 1.94 bits per heavy atom. The largest absolute Gasteiger partial charge is 0.496 e. The SMILES string of the molecule is CCOC(=O)N1Cc2cc(OC)c(C(=O)Nc3cccc(-c4nnnn4C(C)C)n3)cc2C1. The van der Waals surface area contributed by atoms with Gasteiger partial charge in [0.15, 0.2) is 0 Å². The Bertz CT molecular complexity index is 1190. The van der Waals surface area contributed by atoms with E-state index in [9.17, 15) is 9.59 Å². The highest BCUT2D eigenvalue weighted by atomic mass is 16.6. The van der Waals surface area contributed by atoms with E-state index < -0.39 is 0 Å². The van der Waals surface area contributed by atoms with Gasteiger partial charge in [-0.1, -0.05) is 6.07 Å². The lowest BCUT2D eigenvalue weighted by Crippen LogP contribution is -2.25. The second-order valence-corrected chi connectivity index (χ2v) is 7.78. The summed E-state index contributed by atoms with van der Waals surface area (Å²) in [4.78, 5) is 31.3. The van der Waals surface area contributed by atoms with Gasteiger partial charge in [0.05, 0.1) is 25.3 Å². The van der Waals surface area contributed by atoms with E-state index in [1.807, 2.05) is 13.8 Å². The number of methoxy groups -OCH3 is 1. The number of carbonyl (C=O) groups is 2. The van der Waals surface area contributed by atoms with Gasteiger partial charge in [0.2, 0.25) is 5.82 Å². The number of rotatable bonds is 6. The van der Waals surface area contributed by atoms with Crippen molar-refractivity contribution in [3.8, 4) is 17.3 Å². The molecule has 11 nitrogen and oxygen atoms in total. The van der Waals surface area contributed by atoms with Crippen LogP contribution >= 0.6 is 0 Å². The minimum atomic E-state index is -0.386. The number of hydrogen-bond donors (Lipinski definition) is 1. The van der Waals surface area contributed by atoms with Gasteiger partial charge in [0.25, 0.3) is 5.91 Å². The number of carbonyl (C=O) groups excluding carboxylic acids is 2. The highest BCUT2D eigenvalue weighted by Gasteiger charge is 2.27. The highest BCUT2D eigenvalue weighted by Crippen LogP contribution is 2.31. The van der Waals surface area contributed by atoms with Crippen molar-refractivity contribution in [1.82, 2.24) is 30.1 Å². The zero-order valence-corrected chi connectivity index (χ0v) is 18.9. The molecule has 0 radical (unpaired) electrons. The van der Waals surface area contributed by atoms with Gasteiger partial charge >= 0.3 is 6.09 Å². The fourth-order valence-corrected chi connectivity index (χ4v) is 3.64. The lowest BCUT2D eigenvalue weighted by atomic mass is 10.0. The number of fused-ring (bicyclic) bond motifs is 1. The van der Waals surface area contributed by atoms with E-state index in [0.29, 0.717) is 48.3 Å². The van der Waals surface area contributed by atoms with Crippen LogP contribution in [0.3, 0.4) is 0 Å². The monoisotopic (exact) mass is 451 g/mol. The van der Waals surface area contributed by atoms with Gasteiger partial charge < -0.3 is 14.8 Å². The van der Waals surface area contributed by atoms with Gasteiger partial charge in [-0.15, -0.1) is 5.10 Å². The topological polar surface area (TPSA) is 124 Å². The van der Waals surface area contributed by atoms with E-state index in [0.717, 1.165) is 11.1 Å². The quantitative estimate of drug-likeness (QED) is 0.606. The predicted molar refractivity (Wildman–Crippen MR) is 119 cm³/mol. The second kappa shape index (κ2) is 9.23. The van der Waals surface area contributed by atoms with Crippen LogP contribution in [0.5, 0.6) is 5.75 Å². The Kier molecular flexibility index (Phi) is 6.20. The molecule has 3 aromatic rings. The van der Waals surface area contributed by atoms with Crippen molar-refractivity contribution in [3.05, 3.63) is 47.0 Å². The van der Waals surface area contributed by atoms with Crippen LogP contribution in [0.15, 0.2) is 30.3 Å². The molecule has 0 saturated heterocycles. The first kappa shape index (κ1) is 22.2. The van der Waals surface area contributed by atoms with Crippen molar-refractivity contribution in [2.75, 3.05) is 19.0 Å². The number of pyridine rings is 1. The van der Waals surface area contributed by atoms with E-state index >= 15 is 0 Å². The molecular formula is C22H25N7O4. The van der Waals surface area contributed by atoms with Crippen LogP contribution in [0.2, 0.25) is 0 Å². The first-order valence-electron chi connectivity index (χ1n) is 10.6. The zero-order chi connectivity index (χ0) is 23.5. The van der Waals surface area contributed by atoms with Gasteiger partial charge in [-0.2, -0.15) is 0 Å². The third kappa shape index (κ3) is 4.47. The number of tetrazole rings is 1. The lowest BCUT2D eigenvalue weighted by molar-refractivity contribution is 0.102. The molecule has 11 heteroatoms. The molecule has 0 aliphatic carbocycles. The number of ether oxygens (including phenoxy) is 2. The molecule has 0 unspecified atom stereocenters. The molecule has 2 aromatic heterocycles. The van der Waals surface area contributed by atoms with Crippen LogP contribution in [0, 0.1) is 0 Å². The van der Waals surface area contributed by atoms with Crippen LogP contribution in [-0.4, -0.2) is 55.8 Å². The zero-order valence-electron chi connectivity index (χ0n) is 18.9. The molecule has 33 heavy (non-hydrogen) atoms. The number of nitrogens with zero attached hydrogens (tertiary/aromatic N) is 6. The summed E-state index contributed by atoms with van der Waals surface area (Å²) in [5, 5.41) is 14.6. The van der Waals surface area contributed by atoms with E-state index in [2.05, 4.69) is 25.8 Å². The Labute approximate surface area is 190 Å². The van der Waals surface area contributed by atoms with Crippen molar-refractivity contribution < 1.29 is 19.1 Å². The lowest BCUT2D eigenvalue weighted by Gasteiger charge is -2.13. The summed E-state index contributed by atoms with van der Waals surface area (Å²) in [5.74, 6) is 0.899. The summed E-state index contributed by atoms with van der Waals surface area (Å²) in [5.41, 5.74) is 2.67. The maximum atomic E-state index is 13.1. The van der Waals surface area contributed by atoms with Crippen LogP contribution in [0.4, 0.5) is 10.6 Å². The van der Waals surface area contributed by atoms with Crippen molar-refractivity contribution in [1.29, 1.82) is 0 Å². The van der Waals surface area contributed by atoms with E-state index in [1.54, 1.807) is 46.8 Å². The standard InChI is InChI=1S/C22H25N7O4/c1-5-33-22(31)28-11-14-9-16(18(32-4)10-15(14)12-28)21(30)24-19-8-6-7-17(23-19)20-25-26-27-29(20)13(2)3/h6-10,13H,5,11-12H2,1-4H3,(H,23,24,30). The summed E-state index contributed by atoms with van der Waals surface area (Å²) in [6.45, 7) is 6.77. The molecule has 3 heterocycles. The van der Waals surface area contributed by atoms with Crippen molar-refractivity contribution in [2.24, 2.45) is 0 Å². The first-order chi connectivity index (χ1) is 15.9. The van der Waals surface area contributed by atoms with Crippen LogP contribution in [-0.2, 0) is 17.8 Å². The summed E-state index contributed by atoms with van der Waals surface area (Å²) in [7, 11) is 1.50. The van der Waals surface area contributed by atoms with Gasteiger partial charge in [0, 0.05) is 13.1 Å². The number of amides is 2. The normalized spacial score (nSPS) is 12.6. The molecule has 0 bridgehead atoms. The smallest absolute Gasteiger partial charge is 0.410 e. The second-order valence-electron chi connectivity index (χ2n) is 7.78. The molecule has 0 spiro atoms. The number of aromatic nitrogens is 5. The molecule has 1 N–H and O–H groups in total. The summed E-state index contributed by atoms with van der Waals surface area (Å²) >= 11 is 0. The highest BCUT2D eigenvalue weighted by molar-refractivity contribution is 6.06. The third-order valence-corrected chi connectivity index (χ3v) is 5.22. The van der Waals surface area contributed by atoms with E-state index in [4.69, 9.17) is 9.47 Å². The summed E-state index contributed by atoms with van der Waals surface area (Å²) in [6.07, 6.45) is -0.386. The molecule has 0 saturated carbocycles. The van der Waals surface area contributed by atoms with Gasteiger partial charge in [0.1, 0.15) is 17.3 Å². The molecular weight excluding hydrogens is 426 g/mol. The molecule has 4 rings (SSSR count). The molecule has 1 aliphatic heterocycles. The van der Waals surface area contributed by atoms with E-state index in [-0.39, 0.29) is 18.0 Å². The van der Waals surface area contributed by atoms with Crippen LogP contribution < -0.4 is 10.1 Å². The number of benzene rings is 1. The fraction of sp³-hybridized carbons (Fsp3) is 0.364. The average molecular weight is 451 g/mol. The molecule has 172 valence electrons. The van der Waals surface area contributed by atoms with Crippen LogP contribution in [0.25, 0.3) is 11.5 Å². The molecule has 0 atom stereocenters. The number of nitrogens with one attached hydrogen (secondary N) is 1. The molecule has 0 fully saturated rings. The summed E-state index contributed by atoms with van der Waals surface area (Å²) in [6, 6.07) is 8.82. The molecule has 1 aromatic carbocycles. The van der Waals surface area contributed by atoms with E-state index in [1.165, 1.54) is 7.11 Å².